The minimum Gasteiger partial charge on any atom is -0.504 e. The molecule has 0 aliphatic carbocycles. The molecular formula is C17H12ClF3O3. The summed E-state index contributed by atoms with van der Waals surface area (Å²) in [6.07, 6.45) is -4.80. The van der Waals surface area contributed by atoms with Gasteiger partial charge in [-0.1, -0.05) is 23.7 Å². The predicted octanol–water partition coefficient (Wildman–Crippen LogP) is 5.11. The molecule has 0 spiro atoms. The lowest BCUT2D eigenvalue weighted by Crippen LogP contribution is -2.13. The lowest BCUT2D eigenvalue weighted by molar-refractivity contribution is -0.120. The Morgan fingerprint density at radius 2 is 1.67 bits per heavy atom. The van der Waals surface area contributed by atoms with Crippen LogP contribution in [0, 0.1) is 0 Å². The maximum atomic E-state index is 12.2. The van der Waals surface area contributed by atoms with E-state index < -0.39 is 17.7 Å². The van der Waals surface area contributed by atoms with E-state index in [9.17, 15) is 18.0 Å². The summed E-state index contributed by atoms with van der Waals surface area (Å²) in [5.74, 6) is -2.44. The number of ether oxygens (including phenoxy) is 1. The van der Waals surface area contributed by atoms with Gasteiger partial charge < -0.3 is 9.84 Å². The molecule has 0 radical (unpaired) electrons. The topological polar surface area (TPSA) is 46.5 Å². The van der Waals surface area contributed by atoms with Crippen LogP contribution in [0.2, 0.25) is 5.02 Å². The van der Waals surface area contributed by atoms with E-state index in [1.807, 2.05) is 0 Å². The summed E-state index contributed by atoms with van der Waals surface area (Å²) in [5, 5.41) is 9.39. The summed E-state index contributed by atoms with van der Waals surface area (Å²) in [6, 6.07) is 12.6. The van der Waals surface area contributed by atoms with Gasteiger partial charge in [-0.05, 0) is 42.0 Å². The molecule has 0 aromatic heterocycles. The fraction of sp³-hybridized carbons (Fsp3) is 0.118. The smallest absolute Gasteiger partial charge is 0.448 e. The first kappa shape index (κ1) is 17.9. The standard InChI is InChI=1S/C17H12ClF3O3/c18-13-5-1-11(2-6-13)10-24-14-7-3-12(4-8-14)15(22)9-16(23)17(19,20)21/h1-9,23H,10H2/b16-9-. The van der Waals surface area contributed by atoms with Crippen molar-refractivity contribution in [2.75, 3.05) is 0 Å². The molecule has 1 N–H and O–H groups in total. The number of benzene rings is 2. The van der Waals surface area contributed by atoms with Crippen LogP contribution in [-0.4, -0.2) is 17.1 Å². The van der Waals surface area contributed by atoms with Crippen molar-refractivity contribution in [2.24, 2.45) is 0 Å². The SMILES string of the molecule is O=C(/C=C(\O)C(F)(F)F)c1ccc(OCc2ccc(Cl)cc2)cc1. The Morgan fingerprint density at radius 1 is 1.08 bits per heavy atom. The molecule has 0 saturated carbocycles. The van der Waals surface area contributed by atoms with E-state index in [0.29, 0.717) is 10.8 Å². The number of aliphatic hydroxyl groups is 1. The molecule has 0 aliphatic rings. The van der Waals surface area contributed by atoms with Gasteiger partial charge in [0.25, 0.3) is 0 Å². The lowest BCUT2D eigenvalue weighted by Gasteiger charge is -2.07. The summed E-state index contributed by atoms with van der Waals surface area (Å²) in [4.78, 5) is 11.6. The van der Waals surface area contributed by atoms with E-state index in [4.69, 9.17) is 21.4 Å². The van der Waals surface area contributed by atoms with Crippen molar-refractivity contribution in [3.63, 3.8) is 0 Å². The van der Waals surface area contributed by atoms with E-state index in [2.05, 4.69) is 0 Å². The van der Waals surface area contributed by atoms with Gasteiger partial charge in [0.2, 0.25) is 5.76 Å². The maximum Gasteiger partial charge on any atom is 0.448 e. The molecule has 2 aromatic carbocycles. The van der Waals surface area contributed by atoms with E-state index >= 15 is 0 Å². The highest BCUT2D eigenvalue weighted by Crippen LogP contribution is 2.24. The van der Waals surface area contributed by atoms with E-state index in [1.165, 1.54) is 24.3 Å². The van der Waals surface area contributed by atoms with Crippen LogP contribution < -0.4 is 4.74 Å². The quantitative estimate of drug-likeness (QED) is 0.460. The molecule has 0 saturated heterocycles. The Labute approximate surface area is 140 Å². The Hall–Kier alpha value is -2.47. The first-order chi connectivity index (χ1) is 11.3. The van der Waals surface area contributed by atoms with Crippen molar-refractivity contribution in [3.05, 3.63) is 76.5 Å². The van der Waals surface area contributed by atoms with E-state index in [-0.39, 0.29) is 18.2 Å². The highest BCUT2D eigenvalue weighted by Gasteiger charge is 2.34. The number of rotatable bonds is 5. The van der Waals surface area contributed by atoms with Gasteiger partial charge in [0, 0.05) is 16.7 Å². The van der Waals surface area contributed by atoms with Crippen LogP contribution in [0.15, 0.2) is 60.4 Å². The number of halogens is 4. The molecule has 0 atom stereocenters. The van der Waals surface area contributed by atoms with E-state index in [1.54, 1.807) is 24.3 Å². The van der Waals surface area contributed by atoms with Crippen LogP contribution >= 0.6 is 11.6 Å². The average molecular weight is 357 g/mol. The molecule has 0 amide bonds. The molecule has 24 heavy (non-hydrogen) atoms. The molecule has 0 heterocycles. The molecule has 0 aliphatic heterocycles. The van der Waals surface area contributed by atoms with Crippen molar-refractivity contribution in [3.8, 4) is 5.75 Å². The first-order valence-corrected chi connectivity index (χ1v) is 7.13. The highest BCUT2D eigenvalue weighted by atomic mass is 35.5. The molecule has 3 nitrogen and oxygen atoms in total. The van der Waals surface area contributed by atoms with E-state index in [0.717, 1.165) is 5.56 Å². The largest absolute Gasteiger partial charge is 0.504 e. The second-order valence-electron chi connectivity index (χ2n) is 4.83. The first-order valence-electron chi connectivity index (χ1n) is 6.75. The molecule has 126 valence electrons. The third-order valence-electron chi connectivity index (χ3n) is 3.02. The van der Waals surface area contributed by atoms with Crippen LogP contribution in [0.5, 0.6) is 5.75 Å². The normalized spacial score (nSPS) is 12.1. The number of ketones is 1. The zero-order chi connectivity index (χ0) is 17.7. The van der Waals surface area contributed by atoms with Gasteiger partial charge in [0.15, 0.2) is 5.78 Å². The minimum atomic E-state index is -4.95. The predicted molar refractivity (Wildman–Crippen MR) is 83.3 cm³/mol. The summed E-state index contributed by atoms with van der Waals surface area (Å²) in [6.45, 7) is 0.277. The Bertz CT molecular complexity index is 735. The third kappa shape index (κ3) is 5.03. The lowest BCUT2D eigenvalue weighted by atomic mass is 10.1. The fourth-order valence-corrected chi connectivity index (χ4v) is 1.88. The highest BCUT2D eigenvalue weighted by molar-refractivity contribution is 6.30. The number of carbonyl (C=O) groups is 1. The van der Waals surface area contributed by atoms with Crippen molar-refractivity contribution >= 4 is 17.4 Å². The number of alkyl halides is 3. The molecule has 2 aromatic rings. The van der Waals surface area contributed by atoms with Gasteiger partial charge in [-0.3, -0.25) is 4.79 Å². The van der Waals surface area contributed by atoms with Gasteiger partial charge in [0.1, 0.15) is 12.4 Å². The Balaban J connectivity index is 2.00. The number of allylic oxidation sites excluding steroid dienone is 2. The van der Waals surface area contributed by atoms with Gasteiger partial charge in [-0.25, -0.2) is 0 Å². The second-order valence-corrected chi connectivity index (χ2v) is 5.27. The number of carbonyl (C=O) groups excluding carboxylic acids is 1. The van der Waals surface area contributed by atoms with Crippen molar-refractivity contribution in [1.82, 2.24) is 0 Å². The molecular weight excluding hydrogens is 345 g/mol. The van der Waals surface area contributed by atoms with Gasteiger partial charge in [-0.2, -0.15) is 13.2 Å². The second kappa shape index (κ2) is 7.40. The molecule has 7 heteroatoms. The molecule has 0 unspecified atom stereocenters. The molecule has 0 bridgehead atoms. The van der Waals surface area contributed by atoms with Crippen LogP contribution in [0.4, 0.5) is 13.2 Å². The summed E-state index contributed by atoms with van der Waals surface area (Å²) >= 11 is 5.77. The molecule has 0 fully saturated rings. The number of hydrogen-bond acceptors (Lipinski definition) is 3. The number of hydrogen-bond donors (Lipinski definition) is 1. The summed E-state index contributed by atoms with van der Waals surface area (Å²) < 4.78 is 42.0. The van der Waals surface area contributed by atoms with Crippen LogP contribution in [0.1, 0.15) is 15.9 Å². The molecule has 2 rings (SSSR count). The van der Waals surface area contributed by atoms with Gasteiger partial charge in [-0.15, -0.1) is 0 Å². The monoisotopic (exact) mass is 356 g/mol. The zero-order valence-electron chi connectivity index (χ0n) is 12.2. The van der Waals surface area contributed by atoms with Crippen LogP contribution in [0.25, 0.3) is 0 Å². The Kier molecular flexibility index (Phi) is 5.51. The maximum absolute atomic E-state index is 12.2. The van der Waals surface area contributed by atoms with Crippen LogP contribution in [0.3, 0.4) is 0 Å². The average Bonchev–Trinajstić information content (AvgIpc) is 2.54. The fourth-order valence-electron chi connectivity index (χ4n) is 1.75. The van der Waals surface area contributed by atoms with Crippen molar-refractivity contribution in [1.29, 1.82) is 0 Å². The summed E-state index contributed by atoms with van der Waals surface area (Å²) in [5.41, 5.74) is 0.891. The third-order valence-corrected chi connectivity index (χ3v) is 3.27. The van der Waals surface area contributed by atoms with Gasteiger partial charge >= 0.3 is 6.18 Å². The van der Waals surface area contributed by atoms with Crippen LogP contribution in [-0.2, 0) is 6.61 Å². The van der Waals surface area contributed by atoms with Crippen molar-refractivity contribution < 1.29 is 27.8 Å². The van der Waals surface area contributed by atoms with Gasteiger partial charge in [0.05, 0.1) is 0 Å². The number of aliphatic hydroxyl groups excluding tert-OH is 1. The zero-order valence-corrected chi connectivity index (χ0v) is 12.9. The van der Waals surface area contributed by atoms with Crippen molar-refractivity contribution in [2.45, 2.75) is 12.8 Å². The summed E-state index contributed by atoms with van der Waals surface area (Å²) in [7, 11) is 0. The Morgan fingerprint density at radius 3 is 2.21 bits per heavy atom. The minimum absolute atomic E-state index is 0.00430.